The molecule has 2 atom stereocenters. The van der Waals surface area contributed by atoms with Gasteiger partial charge in [-0.1, -0.05) is 23.7 Å². The molecule has 0 aliphatic carbocycles. The van der Waals surface area contributed by atoms with E-state index in [0.29, 0.717) is 36.2 Å². The predicted octanol–water partition coefficient (Wildman–Crippen LogP) is 5.16. The van der Waals surface area contributed by atoms with Crippen molar-refractivity contribution in [3.8, 4) is 5.75 Å². The second-order valence-electron chi connectivity index (χ2n) is 9.33. The highest BCUT2D eigenvalue weighted by molar-refractivity contribution is 6.39. The van der Waals surface area contributed by atoms with Gasteiger partial charge in [-0.3, -0.25) is 4.79 Å². The molecule has 7 nitrogen and oxygen atoms in total. The number of nitrogens with zero attached hydrogens (tertiary/aromatic N) is 2. The van der Waals surface area contributed by atoms with E-state index in [4.69, 9.17) is 25.8 Å². The van der Waals surface area contributed by atoms with Crippen LogP contribution in [0.1, 0.15) is 56.9 Å². The molecule has 1 aromatic carbocycles. The maximum absolute atomic E-state index is 14.1. The number of piperidine rings is 1. The van der Waals surface area contributed by atoms with Gasteiger partial charge in [-0.25, -0.2) is 0 Å². The summed E-state index contributed by atoms with van der Waals surface area (Å²) in [5, 5.41) is 4.77. The topological polar surface area (TPSA) is 65.0 Å². The molecule has 2 heterocycles. The number of hydrogen-bond donors (Lipinski definition) is 1. The molecule has 9 heteroatoms. The van der Waals surface area contributed by atoms with Gasteiger partial charge in [0, 0.05) is 51.4 Å². The molecule has 0 bridgehead atoms. The van der Waals surface area contributed by atoms with Crippen LogP contribution >= 0.6 is 24.0 Å². The van der Waals surface area contributed by atoms with Crippen molar-refractivity contribution in [2.24, 2.45) is 0 Å². The van der Waals surface area contributed by atoms with Crippen molar-refractivity contribution < 1.29 is 19.0 Å². The van der Waals surface area contributed by atoms with Crippen molar-refractivity contribution >= 4 is 40.8 Å². The fourth-order valence-corrected chi connectivity index (χ4v) is 5.03. The molecule has 0 saturated carbocycles. The molecule has 1 N–H and O–H groups in total. The number of ether oxygens (including phenoxy) is 3. The van der Waals surface area contributed by atoms with Crippen molar-refractivity contribution in [3.63, 3.8) is 0 Å². The predicted molar refractivity (Wildman–Crippen MR) is 144 cm³/mol. The van der Waals surface area contributed by atoms with Gasteiger partial charge in [0.05, 0.1) is 16.6 Å². The largest absolute Gasteiger partial charge is 0.489 e. The van der Waals surface area contributed by atoms with Crippen LogP contribution in [0.25, 0.3) is 10.9 Å². The minimum Gasteiger partial charge on any atom is -0.489 e. The molecule has 3 rings (SSSR count). The molecular weight excluding hydrogens is 489 g/mol. The third-order valence-electron chi connectivity index (χ3n) is 6.50. The minimum atomic E-state index is -0.0489. The normalized spacial score (nSPS) is 16.8. The van der Waals surface area contributed by atoms with Crippen LogP contribution in [0.5, 0.6) is 5.75 Å². The van der Waals surface area contributed by atoms with Gasteiger partial charge in [0.25, 0.3) is 5.91 Å². The van der Waals surface area contributed by atoms with Crippen LogP contribution in [0.3, 0.4) is 0 Å². The zero-order chi connectivity index (χ0) is 24.7. The Morgan fingerprint density at radius 2 is 2.03 bits per heavy atom. The number of para-hydroxylation sites is 1. The van der Waals surface area contributed by atoms with Gasteiger partial charge in [0.2, 0.25) is 0 Å². The van der Waals surface area contributed by atoms with Gasteiger partial charge in [-0.2, -0.15) is 0 Å². The number of carbonyl (C=O) groups is 1. The molecular formula is C26H41Cl2N3O4. The number of rotatable bonds is 12. The Labute approximate surface area is 220 Å². The highest BCUT2D eigenvalue weighted by atomic mass is 35.5. The van der Waals surface area contributed by atoms with Crippen LogP contribution in [0.15, 0.2) is 18.2 Å². The number of carbonyl (C=O) groups excluding carboxylic acids is 1. The number of hydrogen-bond acceptors (Lipinski definition) is 5. The number of benzene rings is 1. The average molecular weight is 531 g/mol. The summed E-state index contributed by atoms with van der Waals surface area (Å²) in [4.78, 5) is 16.1. The van der Waals surface area contributed by atoms with E-state index in [2.05, 4.69) is 23.7 Å². The number of fused-ring (bicyclic) bond motifs is 1. The molecule has 1 aliphatic rings. The van der Waals surface area contributed by atoms with E-state index in [1.165, 1.54) is 0 Å². The summed E-state index contributed by atoms with van der Waals surface area (Å²) >= 11 is 6.96. The van der Waals surface area contributed by atoms with Crippen LogP contribution < -0.4 is 10.1 Å². The van der Waals surface area contributed by atoms with E-state index in [1.54, 1.807) is 14.2 Å². The van der Waals surface area contributed by atoms with Crippen LogP contribution in [0.4, 0.5) is 0 Å². The lowest BCUT2D eigenvalue weighted by Crippen LogP contribution is -2.52. The molecule has 1 unspecified atom stereocenters. The lowest BCUT2D eigenvalue weighted by molar-refractivity contribution is 0.0562. The summed E-state index contributed by atoms with van der Waals surface area (Å²) in [6.07, 6.45) is 3.76. The number of halogens is 2. The Hall–Kier alpha value is -1.51. The van der Waals surface area contributed by atoms with Crippen LogP contribution in [-0.4, -0.2) is 74.1 Å². The van der Waals surface area contributed by atoms with E-state index >= 15 is 0 Å². The fraction of sp³-hybridized carbons (Fsp3) is 0.654. The molecule has 1 saturated heterocycles. The van der Waals surface area contributed by atoms with Gasteiger partial charge in [-0.05, 0) is 59.1 Å². The first kappa shape index (κ1) is 29.7. The SMILES string of the molecule is COCCCCn1c(C(=O)N(C(C)C)[C@@H]2CCCNC2)c(Cl)c2cccc(OCC(C)OC)c21.Cl. The zero-order valence-electron chi connectivity index (χ0n) is 21.6. The third-order valence-corrected chi connectivity index (χ3v) is 6.88. The smallest absolute Gasteiger partial charge is 0.272 e. The van der Waals surface area contributed by atoms with E-state index in [1.807, 2.05) is 30.0 Å². The molecule has 0 radical (unpaired) electrons. The number of unbranched alkanes of at least 4 members (excludes halogenated alkanes) is 1. The Morgan fingerprint density at radius 1 is 1.26 bits per heavy atom. The summed E-state index contributed by atoms with van der Waals surface area (Å²) in [5.41, 5.74) is 1.41. The fourth-order valence-electron chi connectivity index (χ4n) is 4.69. The quantitative estimate of drug-likeness (QED) is 0.384. The number of methoxy groups -OCH3 is 2. The monoisotopic (exact) mass is 529 g/mol. The molecule has 35 heavy (non-hydrogen) atoms. The molecule has 0 spiro atoms. The van der Waals surface area contributed by atoms with Gasteiger partial charge >= 0.3 is 0 Å². The summed E-state index contributed by atoms with van der Waals surface area (Å²) in [7, 11) is 3.37. The Morgan fingerprint density at radius 3 is 2.66 bits per heavy atom. The van der Waals surface area contributed by atoms with Gasteiger partial charge in [-0.15, -0.1) is 12.4 Å². The van der Waals surface area contributed by atoms with Gasteiger partial charge in [0.1, 0.15) is 18.1 Å². The zero-order valence-corrected chi connectivity index (χ0v) is 23.2. The average Bonchev–Trinajstić information content (AvgIpc) is 3.12. The van der Waals surface area contributed by atoms with E-state index in [9.17, 15) is 4.79 Å². The standard InChI is InChI=1S/C26H40ClN3O4.ClH/c1-18(2)30(20-10-9-13-28-16-20)26(31)25-23(27)21-11-8-12-22(34-17-19(3)33-5)24(21)29(25)14-6-7-15-32-4;/h8,11-12,18-20,28H,6-7,9-10,13-17H2,1-5H3;1H/t19?,20-;/m1./s1. The highest BCUT2D eigenvalue weighted by Crippen LogP contribution is 2.38. The second kappa shape index (κ2) is 14.3. The second-order valence-corrected chi connectivity index (χ2v) is 9.71. The number of aromatic nitrogens is 1. The molecule has 1 aromatic heterocycles. The van der Waals surface area contributed by atoms with Crippen molar-refractivity contribution in [1.82, 2.24) is 14.8 Å². The first-order valence-electron chi connectivity index (χ1n) is 12.4. The van der Waals surface area contributed by atoms with Crippen molar-refractivity contribution in [3.05, 3.63) is 28.9 Å². The summed E-state index contributed by atoms with van der Waals surface area (Å²) in [6.45, 7) is 9.66. The third kappa shape index (κ3) is 7.04. The molecule has 2 aromatic rings. The Balaban J connectivity index is 0.00000432. The van der Waals surface area contributed by atoms with Crippen molar-refractivity contribution in [1.29, 1.82) is 0 Å². The number of nitrogens with one attached hydrogen (secondary N) is 1. The summed E-state index contributed by atoms with van der Waals surface area (Å²) in [5.74, 6) is 0.692. The van der Waals surface area contributed by atoms with Crippen LogP contribution in [0.2, 0.25) is 5.02 Å². The van der Waals surface area contributed by atoms with Crippen LogP contribution in [-0.2, 0) is 16.0 Å². The van der Waals surface area contributed by atoms with E-state index < -0.39 is 0 Å². The first-order valence-corrected chi connectivity index (χ1v) is 12.8. The highest BCUT2D eigenvalue weighted by Gasteiger charge is 2.33. The molecule has 1 amide bonds. The molecule has 1 aliphatic heterocycles. The lowest BCUT2D eigenvalue weighted by atomic mass is 10.0. The minimum absolute atomic E-state index is 0. The van der Waals surface area contributed by atoms with Crippen molar-refractivity contribution in [2.45, 2.75) is 71.2 Å². The first-order chi connectivity index (χ1) is 16.4. The number of aryl methyl sites for hydroxylation is 1. The maximum atomic E-state index is 14.1. The van der Waals surface area contributed by atoms with Gasteiger partial charge < -0.3 is 29.0 Å². The van der Waals surface area contributed by atoms with Crippen LogP contribution in [0, 0.1) is 0 Å². The summed E-state index contributed by atoms with van der Waals surface area (Å²) in [6, 6.07) is 6.04. The van der Waals surface area contributed by atoms with Gasteiger partial charge in [0.15, 0.2) is 0 Å². The Bertz CT molecular complexity index is 944. The Kier molecular flexibility index (Phi) is 12.1. The molecule has 1 fully saturated rings. The molecule has 198 valence electrons. The number of amides is 1. The van der Waals surface area contributed by atoms with Crippen molar-refractivity contribution in [2.75, 3.05) is 40.5 Å². The van der Waals surface area contributed by atoms with E-state index in [-0.39, 0.29) is 36.5 Å². The summed E-state index contributed by atoms with van der Waals surface area (Å²) < 4.78 is 18.8. The maximum Gasteiger partial charge on any atom is 0.272 e. The van der Waals surface area contributed by atoms with E-state index in [0.717, 1.165) is 49.7 Å². The lowest BCUT2D eigenvalue weighted by Gasteiger charge is -2.38.